The van der Waals surface area contributed by atoms with Crippen molar-refractivity contribution in [3.8, 4) is 0 Å². The Kier molecular flexibility index (Phi) is 2.50. The third-order valence-corrected chi connectivity index (χ3v) is 2.29. The SMILES string of the molecule is NCCCc1cc2ccc(F)cc2[nH]1. The van der Waals surface area contributed by atoms with Crippen molar-refractivity contribution < 1.29 is 4.39 Å². The molecule has 2 nitrogen and oxygen atoms in total. The van der Waals surface area contributed by atoms with Crippen molar-refractivity contribution in [2.24, 2.45) is 5.73 Å². The van der Waals surface area contributed by atoms with Crippen LogP contribution in [0.25, 0.3) is 10.9 Å². The molecular formula is C11H13FN2. The van der Waals surface area contributed by atoms with E-state index in [0.29, 0.717) is 6.54 Å². The maximum Gasteiger partial charge on any atom is 0.125 e. The molecule has 0 saturated carbocycles. The third-order valence-electron chi connectivity index (χ3n) is 2.29. The lowest BCUT2D eigenvalue weighted by atomic mass is 10.2. The van der Waals surface area contributed by atoms with Crippen LogP contribution in [-0.2, 0) is 6.42 Å². The van der Waals surface area contributed by atoms with Gasteiger partial charge in [0, 0.05) is 11.2 Å². The summed E-state index contributed by atoms with van der Waals surface area (Å²) >= 11 is 0. The first-order valence-corrected chi connectivity index (χ1v) is 4.77. The van der Waals surface area contributed by atoms with Crippen LogP contribution < -0.4 is 5.73 Å². The fraction of sp³-hybridized carbons (Fsp3) is 0.273. The molecule has 2 aromatic rings. The second-order valence-electron chi connectivity index (χ2n) is 3.42. The van der Waals surface area contributed by atoms with E-state index in [4.69, 9.17) is 5.73 Å². The molecule has 0 atom stereocenters. The van der Waals surface area contributed by atoms with Crippen LogP contribution in [0.1, 0.15) is 12.1 Å². The number of nitrogens with one attached hydrogen (secondary N) is 1. The van der Waals surface area contributed by atoms with E-state index in [1.165, 1.54) is 12.1 Å². The molecule has 1 aromatic carbocycles. The summed E-state index contributed by atoms with van der Waals surface area (Å²) in [4.78, 5) is 3.18. The van der Waals surface area contributed by atoms with E-state index in [1.807, 2.05) is 6.07 Å². The number of hydrogen-bond donors (Lipinski definition) is 2. The quantitative estimate of drug-likeness (QED) is 0.769. The van der Waals surface area contributed by atoms with Gasteiger partial charge in [0.15, 0.2) is 0 Å². The lowest BCUT2D eigenvalue weighted by Gasteiger charge is -1.92. The number of aromatic nitrogens is 1. The van der Waals surface area contributed by atoms with E-state index in [2.05, 4.69) is 4.98 Å². The molecule has 0 spiro atoms. The second-order valence-corrected chi connectivity index (χ2v) is 3.42. The highest BCUT2D eigenvalue weighted by molar-refractivity contribution is 5.80. The Labute approximate surface area is 81.9 Å². The number of halogens is 1. The molecule has 14 heavy (non-hydrogen) atoms. The van der Waals surface area contributed by atoms with Gasteiger partial charge in [-0.05, 0) is 49.0 Å². The second kappa shape index (κ2) is 3.80. The lowest BCUT2D eigenvalue weighted by molar-refractivity contribution is 0.629. The molecule has 0 radical (unpaired) electrons. The minimum absolute atomic E-state index is 0.204. The Bertz CT molecular complexity index is 434. The number of hydrogen-bond acceptors (Lipinski definition) is 1. The van der Waals surface area contributed by atoms with Gasteiger partial charge in [-0.15, -0.1) is 0 Å². The highest BCUT2D eigenvalue weighted by atomic mass is 19.1. The largest absolute Gasteiger partial charge is 0.358 e. The first-order chi connectivity index (χ1) is 6.79. The van der Waals surface area contributed by atoms with Gasteiger partial charge in [0.1, 0.15) is 5.82 Å². The van der Waals surface area contributed by atoms with E-state index in [1.54, 1.807) is 6.07 Å². The Morgan fingerprint density at radius 1 is 1.29 bits per heavy atom. The van der Waals surface area contributed by atoms with Crippen molar-refractivity contribution in [1.29, 1.82) is 0 Å². The van der Waals surface area contributed by atoms with Crippen LogP contribution >= 0.6 is 0 Å². The summed E-state index contributed by atoms with van der Waals surface area (Å²) < 4.78 is 12.9. The predicted octanol–water partition coefficient (Wildman–Crippen LogP) is 2.20. The van der Waals surface area contributed by atoms with E-state index in [0.717, 1.165) is 29.4 Å². The maximum absolute atomic E-state index is 12.9. The van der Waals surface area contributed by atoms with Crippen molar-refractivity contribution >= 4 is 10.9 Å². The fourth-order valence-corrected chi connectivity index (χ4v) is 1.59. The number of benzene rings is 1. The van der Waals surface area contributed by atoms with Gasteiger partial charge >= 0.3 is 0 Å². The smallest absolute Gasteiger partial charge is 0.125 e. The van der Waals surface area contributed by atoms with Crippen molar-refractivity contribution in [3.05, 3.63) is 35.8 Å². The van der Waals surface area contributed by atoms with Crippen LogP contribution in [0.15, 0.2) is 24.3 Å². The first-order valence-electron chi connectivity index (χ1n) is 4.77. The van der Waals surface area contributed by atoms with Gasteiger partial charge in [0.2, 0.25) is 0 Å². The zero-order valence-corrected chi connectivity index (χ0v) is 7.89. The van der Waals surface area contributed by atoms with Crippen LogP contribution in [0.4, 0.5) is 4.39 Å². The van der Waals surface area contributed by atoms with Crippen LogP contribution in [0.3, 0.4) is 0 Å². The van der Waals surface area contributed by atoms with Crippen molar-refractivity contribution in [3.63, 3.8) is 0 Å². The molecule has 0 aliphatic rings. The Morgan fingerprint density at radius 2 is 2.14 bits per heavy atom. The van der Waals surface area contributed by atoms with Gasteiger partial charge in [-0.3, -0.25) is 0 Å². The van der Waals surface area contributed by atoms with Crippen molar-refractivity contribution in [1.82, 2.24) is 4.98 Å². The van der Waals surface area contributed by atoms with Crippen LogP contribution in [0, 0.1) is 5.82 Å². The van der Waals surface area contributed by atoms with Gasteiger partial charge in [0.05, 0.1) is 0 Å². The Balaban J connectivity index is 2.32. The van der Waals surface area contributed by atoms with Gasteiger partial charge < -0.3 is 10.7 Å². The lowest BCUT2D eigenvalue weighted by Crippen LogP contribution is -2.00. The summed E-state index contributed by atoms with van der Waals surface area (Å²) in [5, 5.41) is 1.05. The zero-order valence-electron chi connectivity index (χ0n) is 7.89. The summed E-state index contributed by atoms with van der Waals surface area (Å²) in [6.45, 7) is 0.684. The monoisotopic (exact) mass is 192 g/mol. The number of aryl methyl sites for hydroxylation is 1. The predicted molar refractivity (Wildman–Crippen MR) is 55.6 cm³/mol. The number of nitrogens with two attached hydrogens (primary N) is 1. The topological polar surface area (TPSA) is 41.8 Å². The third kappa shape index (κ3) is 1.77. The number of H-pyrrole nitrogens is 1. The molecule has 1 aromatic heterocycles. The number of aromatic amines is 1. The minimum Gasteiger partial charge on any atom is -0.358 e. The minimum atomic E-state index is -0.204. The molecule has 0 aliphatic carbocycles. The summed E-state index contributed by atoms with van der Waals surface area (Å²) in [7, 11) is 0. The molecule has 3 heteroatoms. The van der Waals surface area contributed by atoms with Crippen LogP contribution in [-0.4, -0.2) is 11.5 Å². The molecule has 0 fully saturated rings. The average Bonchev–Trinajstić information content (AvgIpc) is 2.56. The molecule has 0 amide bonds. The van der Waals surface area contributed by atoms with Gasteiger partial charge in [-0.1, -0.05) is 0 Å². The Hall–Kier alpha value is -1.35. The average molecular weight is 192 g/mol. The molecule has 2 rings (SSSR count). The highest BCUT2D eigenvalue weighted by Gasteiger charge is 2.01. The van der Waals surface area contributed by atoms with Crippen molar-refractivity contribution in [2.45, 2.75) is 12.8 Å². The normalized spacial score (nSPS) is 11.0. The number of rotatable bonds is 3. The van der Waals surface area contributed by atoms with Gasteiger partial charge in [0.25, 0.3) is 0 Å². The van der Waals surface area contributed by atoms with Crippen LogP contribution in [0.5, 0.6) is 0 Å². The summed E-state index contributed by atoms with van der Waals surface area (Å²) in [5.41, 5.74) is 7.40. The van der Waals surface area contributed by atoms with Crippen LogP contribution in [0.2, 0.25) is 0 Å². The summed E-state index contributed by atoms with van der Waals surface area (Å²) in [6, 6.07) is 6.82. The molecule has 0 unspecified atom stereocenters. The van der Waals surface area contributed by atoms with E-state index in [9.17, 15) is 4.39 Å². The van der Waals surface area contributed by atoms with Gasteiger partial charge in [-0.2, -0.15) is 0 Å². The summed E-state index contributed by atoms with van der Waals surface area (Å²) in [5.74, 6) is -0.204. The zero-order chi connectivity index (χ0) is 9.97. The maximum atomic E-state index is 12.9. The van der Waals surface area contributed by atoms with Gasteiger partial charge in [-0.25, -0.2) is 4.39 Å². The molecule has 0 saturated heterocycles. The fourth-order valence-electron chi connectivity index (χ4n) is 1.59. The number of fused-ring (bicyclic) bond motifs is 1. The first kappa shape index (κ1) is 9.21. The molecule has 3 N–H and O–H groups in total. The molecule has 1 heterocycles. The van der Waals surface area contributed by atoms with E-state index in [-0.39, 0.29) is 5.82 Å². The molecule has 74 valence electrons. The van der Waals surface area contributed by atoms with E-state index < -0.39 is 0 Å². The Morgan fingerprint density at radius 3 is 2.93 bits per heavy atom. The molecule has 0 aliphatic heterocycles. The molecule has 0 bridgehead atoms. The van der Waals surface area contributed by atoms with Crippen molar-refractivity contribution in [2.75, 3.05) is 6.54 Å². The summed E-state index contributed by atoms with van der Waals surface area (Å²) in [6.07, 6.45) is 1.88. The van der Waals surface area contributed by atoms with E-state index >= 15 is 0 Å². The highest BCUT2D eigenvalue weighted by Crippen LogP contribution is 2.17. The molecular weight excluding hydrogens is 179 g/mol. The standard InChI is InChI=1S/C11H13FN2/c12-9-4-3-8-6-10(2-1-5-13)14-11(8)7-9/h3-4,6-7,14H,1-2,5,13H2.